The molecular formula is C13H22N4. The number of rotatable bonds is 4. The number of nitrogens with two attached hydrogens (primary N) is 1. The van der Waals surface area contributed by atoms with E-state index in [1.54, 1.807) is 0 Å². The first kappa shape index (κ1) is 11.2. The van der Waals surface area contributed by atoms with E-state index in [-0.39, 0.29) is 0 Å². The Hall–Kier alpha value is -0.900. The van der Waals surface area contributed by atoms with Crippen LogP contribution in [0.2, 0.25) is 0 Å². The zero-order chi connectivity index (χ0) is 11.7. The van der Waals surface area contributed by atoms with Crippen LogP contribution < -0.4 is 5.73 Å². The Kier molecular flexibility index (Phi) is 2.90. The van der Waals surface area contributed by atoms with Crippen LogP contribution in [0, 0.1) is 5.41 Å². The Morgan fingerprint density at radius 2 is 2.06 bits per heavy atom. The van der Waals surface area contributed by atoms with E-state index in [0.717, 1.165) is 13.0 Å². The molecule has 0 aliphatic heterocycles. The Morgan fingerprint density at radius 3 is 2.65 bits per heavy atom. The van der Waals surface area contributed by atoms with Crippen molar-refractivity contribution in [2.45, 2.75) is 57.4 Å². The topological polar surface area (TPSA) is 56.7 Å². The average Bonchev–Trinajstić information content (AvgIpc) is 2.93. The molecular weight excluding hydrogens is 212 g/mol. The minimum absolute atomic E-state index is 0.337. The van der Waals surface area contributed by atoms with Gasteiger partial charge in [-0.3, -0.25) is 0 Å². The highest BCUT2D eigenvalue weighted by atomic mass is 15.3. The van der Waals surface area contributed by atoms with Gasteiger partial charge in [-0.25, -0.2) is 0 Å². The van der Waals surface area contributed by atoms with Gasteiger partial charge in [-0.15, -0.1) is 10.2 Å². The highest BCUT2D eigenvalue weighted by Gasteiger charge is 2.37. The summed E-state index contributed by atoms with van der Waals surface area (Å²) in [6.45, 7) is 0.796. The smallest absolute Gasteiger partial charge is 0.133 e. The van der Waals surface area contributed by atoms with Crippen LogP contribution in [0.5, 0.6) is 0 Å². The molecule has 1 aromatic rings. The quantitative estimate of drug-likeness (QED) is 0.867. The van der Waals surface area contributed by atoms with Gasteiger partial charge in [-0.1, -0.05) is 19.3 Å². The highest BCUT2D eigenvalue weighted by molar-refractivity contribution is 5.01. The zero-order valence-corrected chi connectivity index (χ0v) is 10.4. The normalized spacial score (nSPS) is 23.8. The molecule has 0 aromatic carbocycles. The third-order valence-electron chi connectivity index (χ3n) is 4.75. The SMILES string of the molecule is NCC1(Cc2nncn2C2CCCC2)CCC1. The molecule has 3 rings (SSSR count). The van der Waals surface area contributed by atoms with Crippen molar-refractivity contribution in [3.8, 4) is 0 Å². The summed E-state index contributed by atoms with van der Waals surface area (Å²) in [5.74, 6) is 1.17. The summed E-state index contributed by atoms with van der Waals surface area (Å²) in [4.78, 5) is 0. The van der Waals surface area contributed by atoms with Gasteiger partial charge in [0.15, 0.2) is 0 Å². The third kappa shape index (κ3) is 1.99. The van der Waals surface area contributed by atoms with Gasteiger partial charge in [0, 0.05) is 12.5 Å². The van der Waals surface area contributed by atoms with Crippen LogP contribution in [0.15, 0.2) is 6.33 Å². The Bertz CT molecular complexity index is 369. The van der Waals surface area contributed by atoms with Gasteiger partial charge in [-0.2, -0.15) is 0 Å². The first-order chi connectivity index (χ1) is 8.33. The van der Waals surface area contributed by atoms with E-state index in [0.29, 0.717) is 11.5 Å². The lowest BCUT2D eigenvalue weighted by molar-refractivity contribution is 0.139. The molecule has 2 aliphatic carbocycles. The summed E-state index contributed by atoms with van der Waals surface area (Å²) in [7, 11) is 0. The largest absolute Gasteiger partial charge is 0.330 e. The lowest BCUT2D eigenvalue weighted by atomic mass is 9.66. The molecule has 0 bridgehead atoms. The number of hydrogen-bond donors (Lipinski definition) is 1. The number of nitrogens with zero attached hydrogens (tertiary/aromatic N) is 3. The number of hydrogen-bond acceptors (Lipinski definition) is 3. The molecule has 0 unspecified atom stereocenters. The first-order valence-electron chi connectivity index (χ1n) is 6.91. The molecule has 0 spiro atoms. The van der Waals surface area contributed by atoms with Crippen molar-refractivity contribution in [1.29, 1.82) is 0 Å². The maximum atomic E-state index is 5.93. The predicted octanol–water partition coefficient (Wildman–Crippen LogP) is 2.06. The van der Waals surface area contributed by atoms with E-state index in [1.807, 2.05) is 6.33 Å². The van der Waals surface area contributed by atoms with Gasteiger partial charge in [0.1, 0.15) is 12.2 Å². The lowest BCUT2D eigenvalue weighted by Crippen LogP contribution is -2.40. The van der Waals surface area contributed by atoms with Crippen LogP contribution >= 0.6 is 0 Å². The van der Waals surface area contributed by atoms with Crippen molar-refractivity contribution in [2.24, 2.45) is 11.1 Å². The minimum Gasteiger partial charge on any atom is -0.330 e. The summed E-state index contributed by atoms with van der Waals surface area (Å²) in [5, 5.41) is 8.45. The molecule has 1 heterocycles. The Morgan fingerprint density at radius 1 is 1.29 bits per heavy atom. The molecule has 1 aromatic heterocycles. The van der Waals surface area contributed by atoms with Crippen LogP contribution in [-0.2, 0) is 6.42 Å². The molecule has 2 fully saturated rings. The first-order valence-corrected chi connectivity index (χ1v) is 6.91. The van der Waals surface area contributed by atoms with E-state index >= 15 is 0 Å². The third-order valence-corrected chi connectivity index (χ3v) is 4.75. The summed E-state index contributed by atoms with van der Waals surface area (Å²) < 4.78 is 2.32. The molecule has 0 amide bonds. The van der Waals surface area contributed by atoms with Crippen LogP contribution in [0.1, 0.15) is 56.8 Å². The van der Waals surface area contributed by atoms with E-state index in [4.69, 9.17) is 5.73 Å². The van der Waals surface area contributed by atoms with Crippen molar-refractivity contribution in [1.82, 2.24) is 14.8 Å². The molecule has 2 aliphatic rings. The Labute approximate surface area is 103 Å². The van der Waals surface area contributed by atoms with Crippen LogP contribution in [0.4, 0.5) is 0 Å². The molecule has 2 saturated carbocycles. The average molecular weight is 234 g/mol. The fourth-order valence-corrected chi connectivity index (χ4v) is 3.35. The van der Waals surface area contributed by atoms with E-state index < -0.39 is 0 Å². The van der Waals surface area contributed by atoms with E-state index in [2.05, 4.69) is 14.8 Å². The molecule has 0 atom stereocenters. The second-order valence-corrected chi connectivity index (χ2v) is 5.83. The van der Waals surface area contributed by atoms with Gasteiger partial charge in [0.05, 0.1) is 0 Å². The van der Waals surface area contributed by atoms with Crippen molar-refractivity contribution < 1.29 is 0 Å². The molecule has 94 valence electrons. The fraction of sp³-hybridized carbons (Fsp3) is 0.846. The summed E-state index contributed by atoms with van der Waals surface area (Å²) in [6.07, 6.45) is 12.1. The van der Waals surface area contributed by atoms with Crippen molar-refractivity contribution in [2.75, 3.05) is 6.54 Å². The van der Waals surface area contributed by atoms with Gasteiger partial charge in [0.25, 0.3) is 0 Å². The van der Waals surface area contributed by atoms with Crippen molar-refractivity contribution in [3.05, 3.63) is 12.2 Å². The maximum Gasteiger partial charge on any atom is 0.133 e. The predicted molar refractivity (Wildman–Crippen MR) is 66.6 cm³/mol. The van der Waals surface area contributed by atoms with Gasteiger partial charge in [-0.05, 0) is 37.6 Å². The molecule has 0 radical (unpaired) electrons. The van der Waals surface area contributed by atoms with E-state index in [1.165, 1.54) is 50.8 Å². The summed E-state index contributed by atoms with van der Waals surface area (Å²) in [6, 6.07) is 0.648. The molecule has 0 saturated heterocycles. The summed E-state index contributed by atoms with van der Waals surface area (Å²) >= 11 is 0. The van der Waals surface area contributed by atoms with Crippen LogP contribution in [0.25, 0.3) is 0 Å². The molecule has 2 N–H and O–H groups in total. The molecule has 4 heteroatoms. The molecule has 17 heavy (non-hydrogen) atoms. The monoisotopic (exact) mass is 234 g/mol. The standard InChI is InChI=1S/C13H22N4/c14-9-13(6-3-7-13)8-12-16-15-10-17(12)11-4-1-2-5-11/h10-11H,1-9,14H2. The fourth-order valence-electron chi connectivity index (χ4n) is 3.35. The zero-order valence-electron chi connectivity index (χ0n) is 10.4. The van der Waals surface area contributed by atoms with Gasteiger partial charge < -0.3 is 10.3 Å². The van der Waals surface area contributed by atoms with Crippen LogP contribution in [0.3, 0.4) is 0 Å². The maximum absolute atomic E-state index is 5.93. The second kappa shape index (κ2) is 4.41. The minimum atomic E-state index is 0.337. The van der Waals surface area contributed by atoms with E-state index in [9.17, 15) is 0 Å². The van der Waals surface area contributed by atoms with Gasteiger partial charge >= 0.3 is 0 Å². The Balaban J connectivity index is 1.76. The number of aromatic nitrogens is 3. The van der Waals surface area contributed by atoms with Gasteiger partial charge in [0.2, 0.25) is 0 Å². The lowest BCUT2D eigenvalue weighted by Gasteiger charge is -2.40. The second-order valence-electron chi connectivity index (χ2n) is 5.83. The van der Waals surface area contributed by atoms with Crippen molar-refractivity contribution >= 4 is 0 Å². The summed E-state index contributed by atoms with van der Waals surface area (Å²) in [5.41, 5.74) is 6.27. The highest BCUT2D eigenvalue weighted by Crippen LogP contribution is 2.43. The van der Waals surface area contributed by atoms with Crippen molar-refractivity contribution in [3.63, 3.8) is 0 Å². The molecule has 4 nitrogen and oxygen atoms in total. The van der Waals surface area contributed by atoms with Crippen LogP contribution in [-0.4, -0.2) is 21.3 Å².